The SMILES string of the molecule is Nc1ccccc1CCC(=O)NCc1ccc(Cl)cc1. The van der Waals surface area contributed by atoms with E-state index in [2.05, 4.69) is 5.32 Å². The summed E-state index contributed by atoms with van der Waals surface area (Å²) in [5.74, 6) is 0.0169. The number of rotatable bonds is 5. The molecular weight excluding hydrogens is 272 g/mol. The van der Waals surface area contributed by atoms with E-state index in [0.29, 0.717) is 24.4 Å². The number of benzene rings is 2. The van der Waals surface area contributed by atoms with Crippen LogP contribution in [0.3, 0.4) is 0 Å². The minimum Gasteiger partial charge on any atom is -0.399 e. The Hall–Kier alpha value is -2.00. The Labute approximate surface area is 123 Å². The lowest BCUT2D eigenvalue weighted by molar-refractivity contribution is -0.121. The Kier molecular flexibility index (Phi) is 5.02. The van der Waals surface area contributed by atoms with Crippen LogP contribution < -0.4 is 11.1 Å². The Morgan fingerprint density at radius 3 is 2.50 bits per heavy atom. The van der Waals surface area contributed by atoms with E-state index in [9.17, 15) is 4.79 Å². The van der Waals surface area contributed by atoms with Gasteiger partial charge in [0, 0.05) is 23.7 Å². The van der Waals surface area contributed by atoms with Crippen molar-refractivity contribution in [3.8, 4) is 0 Å². The van der Waals surface area contributed by atoms with Gasteiger partial charge in [-0.2, -0.15) is 0 Å². The Bertz CT molecular complexity index is 581. The molecule has 2 aromatic carbocycles. The minimum absolute atomic E-state index is 0.0169. The van der Waals surface area contributed by atoms with Gasteiger partial charge in [0.2, 0.25) is 5.91 Å². The predicted octanol–water partition coefficient (Wildman–Crippen LogP) is 3.17. The molecule has 20 heavy (non-hydrogen) atoms. The van der Waals surface area contributed by atoms with Gasteiger partial charge in [0.05, 0.1) is 0 Å². The topological polar surface area (TPSA) is 55.1 Å². The molecule has 2 aromatic rings. The first kappa shape index (κ1) is 14.4. The van der Waals surface area contributed by atoms with Crippen LogP contribution in [0.15, 0.2) is 48.5 Å². The van der Waals surface area contributed by atoms with E-state index in [-0.39, 0.29) is 5.91 Å². The zero-order chi connectivity index (χ0) is 14.4. The third-order valence-electron chi connectivity index (χ3n) is 3.08. The third kappa shape index (κ3) is 4.28. The second-order valence-corrected chi connectivity index (χ2v) is 5.04. The van der Waals surface area contributed by atoms with E-state index in [4.69, 9.17) is 17.3 Å². The number of amides is 1. The van der Waals surface area contributed by atoms with E-state index in [1.54, 1.807) is 0 Å². The van der Waals surface area contributed by atoms with Crippen molar-refractivity contribution in [3.63, 3.8) is 0 Å². The average Bonchev–Trinajstić information content (AvgIpc) is 2.46. The molecule has 0 aliphatic carbocycles. The molecule has 1 amide bonds. The molecule has 0 radical (unpaired) electrons. The van der Waals surface area contributed by atoms with Crippen molar-refractivity contribution in [2.75, 3.05) is 5.73 Å². The van der Waals surface area contributed by atoms with Crippen molar-refractivity contribution >= 4 is 23.2 Å². The number of hydrogen-bond acceptors (Lipinski definition) is 2. The number of carbonyl (C=O) groups excluding carboxylic acids is 1. The van der Waals surface area contributed by atoms with Crippen LogP contribution in [0.2, 0.25) is 5.02 Å². The zero-order valence-corrected chi connectivity index (χ0v) is 11.9. The van der Waals surface area contributed by atoms with Crippen molar-refractivity contribution in [2.45, 2.75) is 19.4 Å². The van der Waals surface area contributed by atoms with Crippen LogP contribution in [-0.2, 0) is 17.8 Å². The minimum atomic E-state index is 0.0169. The molecule has 0 spiro atoms. The van der Waals surface area contributed by atoms with Crippen LogP contribution in [0.25, 0.3) is 0 Å². The fourth-order valence-electron chi connectivity index (χ4n) is 1.90. The highest BCUT2D eigenvalue weighted by molar-refractivity contribution is 6.30. The van der Waals surface area contributed by atoms with Gasteiger partial charge in [-0.1, -0.05) is 41.9 Å². The molecule has 0 aromatic heterocycles. The van der Waals surface area contributed by atoms with Crippen molar-refractivity contribution < 1.29 is 4.79 Å². The summed E-state index contributed by atoms with van der Waals surface area (Å²) in [6.07, 6.45) is 1.08. The quantitative estimate of drug-likeness (QED) is 0.830. The summed E-state index contributed by atoms with van der Waals surface area (Å²) >= 11 is 5.81. The average molecular weight is 289 g/mol. The molecule has 0 atom stereocenters. The van der Waals surface area contributed by atoms with Gasteiger partial charge in [-0.25, -0.2) is 0 Å². The van der Waals surface area contributed by atoms with Crippen molar-refractivity contribution in [1.29, 1.82) is 0 Å². The molecule has 0 saturated heterocycles. The molecule has 0 heterocycles. The molecule has 4 heteroatoms. The molecule has 0 bridgehead atoms. The predicted molar refractivity (Wildman–Crippen MR) is 82.5 cm³/mol. The molecule has 0 aliphatic rings. The number of anilines is 1. The van der Waals surface area contributed by atoms with E-state index in [1.165, 1.54) is 0 Å². The number of para-hydroxylation sites is 1. The van der Waals surface area contributed by atoms with E-state index < -0.39 is 0 Å². The summed E-state index contributed by atoms with van der Waals surface area (Å²) in [4.78, 5) is 11.8. The fourth-order valence-corrected chi connectivity index (χ4v) is 2.03. The molecule has 104 valence electrons. The first-order valence-electron chi connectivity index (χ1n) is 6.49. The Morgan fingerprint density at radius 2 is 1.80 bits per heavy atom. The first-order valence-corrected chi connectivity index (χ1v) is 6.87. The van der Waals surface area contributed by atoms with Crippen LogP contribution in [0.5, 0.6) is 0 Å². The van der Waals surface area contributed by atoms with Gasteiger partial charge in [0.25, 0.3) is 0 Å². The molecule has 3 N–H and O–H groups in total. The molecular formula is C16H17ClN2O. The lowest BCUT2D eigenvalue weighted by Gasteiger charge is -2.07. The van der Waals surface area contributed by atoms with Gasteiger partial charge in [0.1, 0.15) is 0 Å². The van der Waals surface area contributed by atoms with Crippen molar-refractivity contribution in [2.24, 2.45) is 0 Å². The maximum Gasteiger partial charge on any atom is 0.220 e. The number of aryl methyl sites for hydroxylation is 1. The van der Waals surface area contributed by atoms with Crippen LogP contribution in [0.4, 0.5) is 5.69 Å². The lowest BCUT2D eigenvalue weighted by Crippen LogP contribution is -2.23. The van der Waals surface area contributed by atoms with Gasteiger partial charge < -0.3 is 11.1 Å². The van der Waals surface area contributed by atoms with Crippen LogP contribution in [0.1, 0.15) is 17.5 Å². The smallest absolute Gasteiger partial charge is 0.220 e. The molecule has 0 unspecified atom stereocenters. The van der Waals surface area contributed by atoms with Gasteiger partial charge in [-0.05, 0) is 35.7 Å². The fraction of sp³-hybridized carbons (Fsp3) is 0.188. The van der Waals surface area contributed by atoms with Crippen molar-refractivity contribution in [3.05, 3.63) is 64.7 Å². The van der Waals surface area contributed by atoms with Gasteiger partial charge in [-0.15, -0.1) is 0 Å². The number of hydrogen-bond donors (Lipinski definition) is 2. The largest absolute Gasteiger partial charge is 0.399 e. The molecule has 2 rings (SSSR count). The number of halogens is 1. The first-order chi connectivity index (χ1) is 9.65. The number of nitrogens with one attached hydrogen (secondary N) is 1. The molecule has 0 saturated carbocycles. The van der Waals surface area contributed by atoms with Gasteiger partial charge >= 0.3 is 0 Å². The lowest BCUT2D eigenvalue weighted by atomic mass is 10.1. The number of carbonyl (C=O) groups is 1. The van der Waals surface area contributed by atoms with E-state index in [1.807, 2.05) is 48.5 Å². The summed E-state index contributed by atoms with van der Waals surface area (Å²) in [7, 11) is 0. The van der Waals surface area contributed by atoms with E-state index in [0.717, 1.165) is 16.8 Å². The summed E-state index contributed by atoms with van der Waals surface area (Å²) in [5.41, 5.74) is 8.61. The van der Waals surface area contributed by atoms with Gasteiger partial charge in [0.15, 0.2) is 0 Å². The summed E-state index contributed by atoms with van der Waals surface area (Å²) in [5, 5.41) is 3.58. The number of nitrogens with two attached hydrogens (primary N) is 1. The zero-order valence-electron chi connectivity index (χ0n) is 11.1. The summed E-state index contributed by atoms with van der Waals surface area (Å²) in [6, 6.07) is 15.0. The molecule has 3 nitrogen and oxygen atoms in total. The highest BCUT2D eigenvalue weighted by Crippen LogP contribution is 2.13. The standard InChI is InChI=1S/C16H17ClN2O/c17-14-8-5-12(6-9-14)11-19-16(20)10-7-13-3-1-2-4-15(13)18/h1-6,8-9H,7,10-11,18H2,(H,19,20). The van der Waals surface area contributed by atoms with E-state index >= 15 is 0 Å². The maximum absolute atomic E-state index is 11.8. The highest BCUT2D eigenvalue weighted by Gasteiger charge is 2.04. The van der Waals surface area contributed by atoms with Crippen LogP contribution in [0, 0.1) is 0 Å². The van der Waals surface area contributed by atoms with Crippen LogP contribution in [-0.4, -0.2) is 5.91 Å². The van der Waals surface area contributed by atoms with Crippen LogP contribution >= 0.6 is 11.6 Å². The molecule has 0 aliphatic heterocycles. The molecule has 0 fully saturated rings. The Morgan fingerprint density at radius 1 is 1.10 bits per heavy atom. The van der Waals surface area contributed by atoms with Gasteiger partial charge in [-0.3, -0.25) is 4.79 Å². The Balaban J connectivity index is 1.78. The normalized spacial score (nSPS) is 10.2. The summed E-state index contributed by atoms with van der Waals surface area (Å²) < 4.78 is 0. The number of nitrogen functional groups attached to an aromatic ring is 1. The monoisotopic (exact) mass is 288 g/mol. The second-order valence-electron chi connectivity index (χ2n) is 4.60. The van der Waals surface area contributed by atoms with Crippen molar-refractivity contribution in [1.82, 2.24) is 5.32 Å². The highest BCUT2D eigenvalue weighted by atomic mass is 35.5. The third-order valence-corrected chi connectivity index (χ3v) is 3.33. The maximum atomic E-state index is 11.8. The summed E-state index contributed by atoms with van der Waals surface area (Å²) in [6.45, 7) is 0.514. The second kappa shape index (κ2) is 6.96.